The fourth-order valence-corrected chi connectivity index (χ4v) is 3.80. The number of carbonyl (C=O) groups is 1. The van der Waals surface area contributed by atoms with Crippen LogP contribution in [0.5, 0.6) is 0 Å². The summed E-state index contributed by atoms with van der Waals surface area (Å²) in [6.07, 6.45) is 3.45. The molecule has 0 aliphatic carbocycles. The molecule has 8 nitrogen and oxygen atoms in total. The summed E-state index contributed by atoms with van der Waals surface area (Å²) in [5, 5.41) is 14.3. The van der Waals surface area contributed by atoms with Crippen molar-refractivity contribution in [1.82, 2.24) is 10.2 Å². The van der Waals surface area contributed by atoms with Gasteiger partial charge in [0.2, 0.25) is 0 Å². The molecule has 29 heavy (non-hydrogen) atoms. The van der Waals surface area contributed by atoms with Crippen molar-refractivity contribution in [3.05, 3.63) is 56.9 Å². The summed E-state index contributed by atoms with van der Waals surface area (Å²) in [5.74, 6) is 0.616. The molecule has 10 heteroatoms. The lowest BCUT2D eigenvalue weighted by molar-refractivity contribution is -0.384. The third kappa shape index (κ3) is 4.02. The largest absolute Gasteiger partial charge is 0.457 e. The first-order valence-electron chi connectivity index (χ1n) is 8.92. The van der Waals surface area contributed by atoms with Crippen LogP contribution in [0, 0.1) is 10.1 Å². The monoisotopic (exact) mass is 433 g/mol. The van der Waals surface area contributed by atoms with E-state index < -0.39 is 4.92 Å². The number of carbonyl (C=O) groups excluding carboxylic acids is 1. The first-order valence-corrected chi connectivity index (χ1v) is 9.71. The van der Waals surface area contributed by atoms with Gasteiger partial charge in [0.05, 0.1) is 22.6 Å². The molecule has 2 aliphatic rings. The SMILES string of the molecule is O=C1/C(=C\c2ccc(-c3ccc([N+](=O)[O-])cc3Cl)o2)NC(=S)N1C[C@H]1CCCO1. The minimum absolute atomic E-state index is 0.00227. The predicted octanol–water partition coefficient (Wildman–Crippen LogP) is 3.74. The summed E-state index contributed by atoms with van der Waals surface area (Å²) in [5.41, 5.74) is 0.722. The van der Waals surface area contributed by atoms with Crippen LogP contribution in [-0.2, 0) is 9.53 Å². The number of non-ortho nitro benzene ring substituents is 1. The van der Waals surface area contributed by atoms with Crippen LogP contribution in [0.3, 0.4) is 0 Å². The number of nitrogens with zero attached hydrogens (tertiary/aromatic N) is 2. The Kier molecular flexibility index (Phi) is 5.35. The van der Waals surface area contributed by atoms with Gasteiger partial charge >= 0.3 is 0 Å². The zero-order valence-corrected chi connectivity index (χ0v) is 16.7. The molecule has 1 atom stereocenters. The molecular formula is C19H16ClN3O5S. The summed E-state index contributed by atoms with van der Waals surface area (Å²) in [7, 11) is 0. The molecule has 4 rings (SSSR count). The van der Waals surface area contributed by atoms with E-state index in [-0.39, 0.29) is 22.7 Å². The number of benzene rings is 1. The second-order valence-electron chi connectivity index (χ2n) is 6.66. The Bertz CT molecular complexity index is 1030. The van der Waals surface area contributed by atoms with Gasteiger partial charge in [0.15, 0.2) is 5.11 Å². The Morgan fingerprint density at radius 1 is 1.38 bits per heavy atom. The number of hydrogen-bond donors (Lipinski definition) is 1. The molecule has 2 aromatic rings. The van der Waals surface area contributed by atoms with Crippen LogP contribution in [0.25, 0.3) is 17.4 Å². The zero-order valence-electron chi connectivity index (χ0n) is 15.1. The van der Waals surface area contributed by atoms with Crippen molar-refractivity contribution >= 4 is 46.6 Å². The second-order valence-corrected chi connectivity index (χ2v) is 7.46. The molecule has 1 N–H and O–H groups in total. The van der Waals surface area contributed by atoms with E-state index in [1.54, 1.807) is 18.2 Å². The molecule has 0 spiro atoms. The molecule has 0 radical (unpaired) electrons. The molecule has 1 aromatic carbocycles. The standard InChI is InChI=1S/C19H16ClN3O5S/c20-15-8-11(23(25)26)3-5-14(15)17-6-4-12(28-17)9-16-18(24)22(19(29)21-16)10-13-2-1-7-27-13/h3-6,8-9,13H,1-2,7,10H2,(H,21,29)/b16-9+/t13-/m1/s1. The van der Waals surface area contributed by atoms with Crippen LogP contribution >= 0.6 is 23.8 Å². The molecule has 0 unspecified atom stereocenters. The molecule has 0 bridgehead atoms. The van der Waals surface area contributed by atoms with Crippen LogP contribution in [0.2, 0.25) is 5.02 Å². The van der Waals surface area contributed by atoms with E-state index in [0.717, 1.165) is 12.8 Å². The molecule has 2 saturated heterocycles. The number of hydrogen-bond acceptors (Lipinski definition) is 6. The van der Waals surface area contributed by atoms with Gasteiger partial charge in [-0.15, -0.1) is 0 Å². The first kappa shape index (κ1) is 19.6. The van der Waals surface area contributed by atoms with Gasteiger partial charge in [0.1, 0.15) is 17.2 Å². The minimum atomic E-state index is -0.518. The van der Waals surface area contributed by atoms with Gasteiger partial charge < -0.3 is 14.5 Å². The van der Waals surface area contributed by atoms with Crippen LogP contribution in [0.4, 0.5) is 5.69 Å². The van der Waals surface area contributed by atoms with Gasteiger partial charge in [0, 0.05) is 30.4 Å². The predicted molar refractivity (Wildman–Crippen MR) is 110 cm³/mol. The fourth-order valence-electron chi connectivity index (χ4n) is 3.26. The molecule has 150 valence electrons. The second kappa shape index (κ2) is 7.94. The Balaban J connectivity index is 1.52. The molecule has 0 saturated carbocycles. The average Bonchev–Trinajstić information content (AvgIpc) is 3.41. The summed E-state index contributed by atoms with van der Waals surface area (Å²) >= 11 is 11.4. The summed E-state index contributed by atoms with van der Waals surface area (Å²) in [6, 6.07) is 7.50. The van der Waals surface area contributed by atoms with Crippen LogP contribution in [0.1, 0.15) is 18.6 Å². The van der Waals surface area contributed by atoms with Crippen molar-refractivity contribution in [2.45, 2.75) is 18.9 Å². The van der Waals surface area contributed by atoms with Crippen molar-refractivity contribution in [2.24, 2.45) is 0 Å². The Morgan fingerprint density at radius 2 is 2.21 bits per heavy atom. The van der Waals surface area contributed by atoms with E-state index in [9.17, 15) is 14.9 Å². The quantitative estimate of drug-likeness (QED) is 0.332. The van der Waals surface area contributed by atoms with Gasteiger partial charge in [-0.1, -0.05) is 11.6 Å². The Hall–Kier alpha value is -2.75. The van der Waals surface area contributed by atoms with E-state index in [0.29, 0.717) is 41.0 Å². The fraction of sp³-hybridized carbons (Fsp3) is 0.263. The normalized spacial score (nSPS) is 20.5. The van der Waals surface area contributed by atoms with E-state index in [4.69, 9.17) is 33.0 Å². The van der Waals surface area contributed by atoms with E-state index in [2.05, 4.69) is 5.32 Å². The average molecular weight is 434 g/mol. The molecular weight excluding hydrogens is 418 g/mol. The zero-order chi connectivity index (χ0) is 20.5. The summed E-state index contributed by atoms with van der Waals surface area (Å²) in [4.78, 5) is 24.5. The van der Waals surface area contributed by atoms with Crippen LogP contribution < -0.4 is 5.32 Å². The lowest BCUT2D eigenvalue weighted by atomic mass is 10.1. The Labute approximate surface area is 176 Å². The van der Waals surface area contributed by atoms with Gasteiger partial charge in [-0.2, -0.15) is 0 Å². The smallest absolute Gasteiger partial charge is 0.276 e. The maximum Gasteiger partial charge on any atom is 0.276 e. The van der Waals surface area contributed by atoms with Crippen molar-refractivity contribution in [3.63, 3.8) is 0 Å². The van der Waals surface area contributed by atoms with E-state index in [1.165, 1.54) is 23.1 Å². The molecule has 3 heterocycles. The third-order valence-electron chi connectivity index (χ3n) is 4.71. The molecule has 1 aromatic heterocycles. The number of nitro benzene ring substituents is 1. The van der Waals surface area contributed by atoms with E-state index >= 15 is 0 Å². The number of nitro groups is 1. The number of ether oxygens (including phenoxy) is 1. The Morgan fingerprint density at radius 3 is 2.90 bits per heavy atom. The number of nitrogens with one attached hydrogen (secondary N) is 1. The number of amides is 1. The maximum absolute atomic E-state index is 12.7. The molecule has 1 amide bonds. The lowest BCUT2D eigenvalue weighted by Gasteiger charge is -2.18. The number of rotatable bonds is 5. The highest BCUT2D eigenvalue weighted by atomic mass is 35.5. The summed E-state index contributed by atoms with van der Waals surface area (Å²) in [6.45, 7) is 1.12. The van der Waals surface area contributed by atoms with Crippen molar-refractivity contribution in [2.75, 3.05) is 13.2 Å². The van der Waals surface area contributed by atoms with Gasteiger partial charge in [-0.25, -0.2) is 0 Å². The van der Waals surface area contributed by atoms with Crippen molar-refractivity contribution < 1.29 is 18.9 Å². The highest BCUT2D eigenvalue weighted by molar-refractivity contribution is 7.80. The highest BCUT2D eigenvalue weighted by Gasteiger charge is 2.33. The molecule has 2 fully saturated rings. The van der Waals surface area contributed by atoms with Crippen LogP contribution in [0.15, 0.2) is 40.4 Å². The van der Waals surface area contributed by atoms with Gasteiger partial charge in [-0.3, -0.25) is 19.8 Å². The van der Waals surface area contributed by atoms with E-state index in [1.807, 2.05) is 0 Å². The third-order valence-corrected chi connectivity index (χ3v) is 5.35. The van der Waals surface area contributed by atoms with Gasteiger partial charge in [-0.05, 0) is 43.3 Å². The van der Waals surface area contributed by atoms with Gasteiger partial charge in [0.25, 0.3) is 11.6 Å². The number of thiocarbonyl (C=S) groups is 1. The lowest BCUT2D eigenvalue weighted by Crippen LogP contribution is -2.37. The van der Waals surface area contributed by atoms with Crippen LogP contribution in [-0.4, -0.2) is 40.1 Å². The van der Waals surface area contributed by atoms with Crippen molar-refractivity contribution in [1.29, 1.82) is 0 Å². The molecule has 2 aliphatic heterocycles. The number of furan rings is 1. The van der Waals surface area contributed by atoms with Crippen molar-refractivity contribution in [3.8, 4) is 11.3 Å². The highest BCUT2D eigenvalue weighted by Crippen LogP contribution is 2.33. The summed E-state index contributed by atoms with van der Waals surface area (Å²) < 4.78 is 11.3. The minimum Gasteiger partial charge on any atom is -0.457 e. The maximum atomic E-state index is 12.7. The number of halogens is 1. The topological polar surface area (TPSA) is 97.8 Å². The first-order chi connectivity index (χ1) is 13.9.